The summed E-state index contributed by atoms with van der Waals surface area (Å²) >= 11 is 9.33. The van der Waals surface area contributed by atoms with Crippen molar-refractivity contribution in [2.24, 2.45) is 0 Å². The number of nitrogens with one attached hydrogen (secondary N) is 1. The fraction of sp³-hybridized carbons (Fsp3) is 0.214. The second-order valence-corrected chi connectivity index (χ2v) is 5.33. The zero-order valence-corrected chi connectivity index (χ0v) is 12.4. The van der Waals surface area contributed by atoms with E-state index in [4.69, 9.17) is 11.6 Å². The van der Waals surface area contributed by atoms with Crippen LogP contribution >= 0.6 is 27.5 Å². The molecule has 0 amide bonds. The zero-order chi connectivity index (χ0) is 13.0. The zero-order valence-electron chi connectivity index (χ0n) is 10.0. The minimum absolute atomic E-state index is 0.275. The molecule has 1 heterocycles. The van der Waals surface area contributed by atoms with E-state index in [1.54, 1.807) is 6.20 Å². The summed E-state index contributed by atoms with van der Waals surface area (Å²) < 4.78 is 1.09. The molecule has 2 aromatic rings. The Bertz CT molecular complexity index is 513. The van der Waals surface area contributed by atoms with Gasteiger partial charge in [-0.2, -0.15) is 0 Å². The van der Waals surface area contributed by atoms with E-state index in [0.717, 1.165) is 16.6 Å². The summed E-state index contributed by atoms with van der Waals surface area (Å²) in [5.41, 5.74) is 2.25. The Morgan fingerprint density at radius 1 is 1.28 bits per heavy atom. The van der Waals surface area contributed by atoms with Crippen LogP contribution in [-0.4, -0.2) is 4.98 Å². The Kier molecular flexibility index (Phi) is 4.61. The molecule has 94 valence electrons. The minimum Gasteiger partial charge on any atom is -0.378 e. The van der Waals surface area contributed by atoms with Crippen molar-refractivity contribution in [3.8, 4) is 0 Å². The number of hydrogen-bond acceptors (Lipinski definition) is 2. The van der Waals surface area contributed by atoms with E-state index in [1.807, 2.05) is 12.1 Å². The molecule has 0 aliphatic rings. The van der Waals surface area contributed by atoms with Crippen LogP contribution in [0, 0.1) is 0 Å². The van der Waals surface area contributed by atoms with Gasteiger partial charge in [0, 0.05) is 16.4 Å². The van der Waals surface area contributed by atoms with Crippen LogP contribution in [0.25, 0.3) is 0 Å². The lowest BCUT2D eigenvalue weighted by Gasteiger charge is -2.19. The van der Waals surface area contributed by atoms with Gasteiger partial charge in [-0.25, -0.2) is 4.98 Å². The van der Waals surface area contributed by atoms with Crippen molar-refractivity contribution in [2.45, 2.75) is 19.4 Å². The van der Waals surface area contributed by atoms with Gasteiger partial charge in [0.15, 0.2) is 0 Å². The third-order valence-electron chi connectivity index (χ3n) is 2.75. The Morgan fingerprint density at radius 2 is 2.00 bits per heavy atom. The first kappa shape index (κ1) is 13.4. The highest BCUT2D eigenvalue weighted by atomic mass is 79.9. The normalized spacial score (nSPS) is 12.2. The molecule has 18 heavy (non-hydrogen) atoms. The number of benzene rings is 1. The third-order valence-corrected chi connectivity index (χ3v) is 3.48. The van der Waals surface area contributed by atoms with E-state index in [9.17, 15) is 0 Å². The average molecular weight is 326 g/mol. The molecule has 0 fully saturated rings. The van der Waals surface area contributed by atoms with E-state index in [2.05, 4.69) is 57.4 Å². The Labute approximate surface area is 121 Å². The number of aromatic nitrogens is 1. The first-order valence-electron chi connectivity index (χ1n) is 5.82. The molecule has 1 N–H and O–H groups in total. The fourth-order valence-corrected chi connectivity index (χ4v) is 2.25. The highest BCUT2D eigenvalue weighted by Gasteiger charge is 2.09. The highest BCUT2D eigenvalue weighted by molar-refractivity contribution is 9.10. The molecule has 1 unspecified atom stereocenters. The lowest BCUT2D eigenvalue weighted by Crippen LogP contribution is -2.09. The van der Waals surface area contributed by atoms with E-state index in [1.165, 1.54) is 5.56 Å². The van der Waals surface area contributed by atoms with Gasteiger partial charge in [-0.15, -0.1) is 0 Å². The fourth-order valence-electron chi connectivity index (χ4n) is 1.81. The number of rotatable bonds is 4. The molecule has 0 bridgehead atoms. The van der Waals surface area contributed by atoms with Crippen molar-refractivity contribution in [3.05, 3.63) is 57.8 Å². The number of halogens is 2. The van der Waals surface area contributed by atoms with Crippen molar-refractivity contribution in [3.63, 3.8) is 0 Å². The standard InChI is InChI=1S/C14H14BrClN2/c1-2-13(10-3-5-11(15)6-4-10)18-12-7-8-17-14(16)9-12/h3-9,13H,2H2,1H3,(H,17,18). The van der Waals surface area contributed by atoms with Gasteiger partial charge >= 0.3 is 0 Å². The molecule has 1 atom stereocenters. The molecular weight excluding hydrogens is 312 g/mol. The van der Waals surface area contributed by atoms with Gasteiger partial charge in [0.25, 0.3) is 0 Å². The van der Waals surface area contributed by atoms with Crippen molar-refractivity contribution >= 4 is 33.2 Å². The number of nitrogens with zero attached hydrogens (tertiary/aromatic N) is 1. The maximum absolute atomic E-state index is 5.88. The Balaban J connectivity index is 2.17. The average Bonchev–Trinajstić information content (AvgIpc) is 2.37. The monoisotopic (exact) mass is 324 g/mol. The summed E-state index contributed by atoms with van der Waals surface area (Å²) in [6, 6.07) is 12.4. The SMILES string of the molecule is CCC(Nc1ccnc(Cl)c1)c1ccc(Br)cc1. The van der Waals surface area contributed by atoms with Gasteiger partial charge < -0.3 is 5.32 Å². The minimum atomic E-state index is 0.275. The molecular formula is C14H14BrClN2. The Morgan fingerprint density at radius 3 is 2.61 bits per heavy atom. The molecule has 1 aromatic heterocycles. The number of anilines is 1. The van der Waals surface area contributed by atoms with Crippen LogP contribution in [0.5, 0.6) is 0 Å². The van der Waals surface area contributed by atoms with Gasteiger partial charge in [-0.3, -0.25) is 0 Å². The second kappa shape index (κ2) is 6.21. The quantitative estimate of drug-likeness (QED) is 0.795. The molecule has 2 rings (SSSR count). The molecule has 2 nitrogen and oxygen atoms in total. The molecule has 1 aromatic carbocycles. The topological polar surface area (TPSA) is 24.9 Å². The van der Waals surface area contributed by atoms with Crippen LogP contribution < -0.4 is 5.32 Å². The summed E-state index contributed by atoms with van der Waals surface area (Å²) in [4.78, 5) is 3.98. The molecule has 0 radical (unpaired) electrons. The van der Waals surface area contributed by atoms with Gasteiger partial charge in [-0.1, -0.05) is 46.6 Å². The highest BCUT2D eigenvalue weighted by Crippen LogP contribution is 2.24. The maximum atomic E-state index is 5.88. The summed E-state index contributed by atoms with van der Waals surface area (Å²) in [7, 11) is 0. The van der Waals surface area contributed by atoms with Crippen molar-refractivity contribution in [1.82, 2.24) is 4.98 Å². The molecule has 0 spiro atoms. The predicted molar refractivity (Wildman–Crippen MR) is 80.0 cm³/mol. The summed E-state index contributed by atoms with van der Waals surface area (Å²) in [5.74, 6) is 0. The largest absolute Gasteiger partial charge is 0.378 e. The first-order chi connectivity index (χ1) is 8.69. The van der Waals surface area contributed by atoms with Crippen LogP contribution in [0.2, 0.25) is 5.15 Å². The second-order valence-electron chi connectivity index (χ2n) is 4.02. The summed E-state index contributed by atoms with van der Waals surface area (Å²) in [6.07, 6.45) is 2.71. The van der Waals surface area contributed by atoms with E-state index in [0.29, 0.717) is 5.15 Å². The predicted octanol–water partition coefficient (Wildman–Crippen LogP) is 5.06. The van der Waals surface area contributed by atoms with Gasteiger partial charge in [-0.05, 0) is 36.2 Å². The van der Waals surface area contributed by atoms with Gasteiger partial charge in [0.05, 0.1) is 6.04 Å². The molecule has 4 heteroatoms. The van der Waals surface area contributed by atoms with E-state index >= 15 is 0 Å². The molecule has 0 saturated heterocycles. The van der Waals surface area contributed by atoms with Gasteiger partial charge in [0.2, 0.25) is 0 Å². The van der Waals surface area contributed by atoms with Crippen molar-refractivity contribution in [1.29, 1.82) is 0 Å². The molecule has 0 aliphatic heterocycles. The van der Waals surface area contributed by atoms with Crippen LogP contribution in [0.15, 0.2) is 47.1 Å². The number of hydrogen-bond donors (Lipinski definition) is 1. The smallest absolute Gasteiger partial charge is 0.131 e. The summed E-state index contributed by atoms with van der Waals surface area (Å²) in [5, 5.41) is 3.97. The lowest BCUT2D eigenvalue weighted by molar-refractivity contribution is 0.749. The Hall–Kier alpha value is -1.06. The lowest BCUT2D eigenvalue weighted by atomic mass is 10.0. The van der Waals surface area contributed by atoms with Crippen LogP contribution in [-0.2, 0) is 0 Å². The number of pyridine rings is 1. The van der Waals surface area contributed by atoms with Crippen LogP contribution in [0.4, 0.5) is 5.69 Å². The molecule has 0 aliphatic carbocycles. The van der Waals surface area contributed by atoms with Crippen molar-refractivity contribution < 1.29 is 0 Å². The first-order valence-corrected chi connectivity index (χ1v) is 6.99. The van der Waals surface area contributed by atoms with Crippen LogP contribution in [0.3, 0.4) is 0 Å². The summed E-state index contributed by atoms with van der Waals surface area (Å²) in [6.45, 7) is 2.16. The molecule has 0 saturated carbocycles. The van der Waals surface area contributed by atoms with Crippen molar-refractivity contribution in [2.75, 3.05) is 5.32 Å². The van der Waals surface area contributed by atoms with Gasteiger partial charge in [0.1, 0.15) is 5.15 Å². The third kappa shape index (κ3) is 3.47. The van der Waals surface area contributed by atoms with E-state index in [-0.39, 0.29) is 6.04 Å². The van der Waals surface area contributed by atoms with Crippen LogP contribution in [0.1, 0.15) is 24.9 Å². The van der Waals surface area contributed by atoms with E-state index < -0.39 is 0 Å². The maximum Gasteiger partial charge on any atom is 0.131 e.